The fourth-order valence-corrected chi connectivity index (χ4v) is 5.79. The number of carbonyl (C=O) groups is 2. The number of aryl methyl sites for hydroxylation is 1. The molecular weight excluding hydrogens is 460 g/mol. The van der Waals surface area contributed by atoms with Crippen molar-refractivity contribution >= 4 is 39.8 Å². The number of fused-ring (bicyclic) bond motifs is 1. The quantitative estimate of drug-likeness (QED) is 0.392. The molecule has 1 aliphatic rings. The molecule has 0 radical (unpaired) electrons. The number of nitrogens with zero attached hydrogens (tertiary/aromatic N) is 1. The normalized spacial score (nSPS) is 15.4. The number of aromatic nitrogens is 1. The monoisotopic (exact) mass is 486 g/mol. The summed E-state index contributed by atoms with van der Waals surface area (Å²) in [7, 11) is 0. The standard InChI is InChI=1S/C25H27ClN2O4S/c1-5-15-10-11-17-19(12-15)33-24(21(17)25(30)31-13(2)3)27-23(29)20-14(4)32-28-22(20)16-8-6-7-9-18(16)26/h6-9,13,15H,5,10-12H2,1-4H3,(H,27,29). The number of carbonyl (C=O) groups excluding carboxylic acids is 2. The highest BCUT2D eigenvalue weighted by molar-refractivity contribution is 7.17. The number of hydrogen-bond donors (Lipinski definition) is 1. The molecule has 0 aliphatic heterocycles. The minimum atomic E-state index is -0.402. The van der Waals surface area contributed by atoms with E-state index in [-0.39, 0.29) is 6.10 Å². The second-order valence-corrected chi connectivity index (χ2v) is 10.1. The summed E-state index contributed by atoms with van der Waals surface area (Å²) in [6, 6.07) is 7.16. The van der Waals surface area contributed by atoms with Crippen molar-refractivity contribution in [1.82, 2.24) is 5.16 Å². The van der Waals surface area contributed by atoms with Gasteiger partial charge in [-0.05, 0) is 57.6 Å². The molecule has 0 saturated heterocycles. The first-order valence-corrected chi connectivity index (χ1v) is 12.4. The average Bonchev–Trinajstić information content (AvgIpc) is 3.32. The molecule has 8 heteroatoms. The van der Waals surface area contributed by atoms with Crippen LogP contribution in [-0.2, 0) is 17.6 Å². The van der Waals surface area contributed by atoms with Gasteiger partial charge in [-0.25, -0.2) is 4.79 Å². The van der Waals surface area contributed by atoms with Crippen LogP contribution in [0.25, 0.3) is 11.3 Å². The Bertz CT molecular complexity index is 1200. The third kappa shape index (κ3) is 4.70. The molecule has 33 heavy (non-hydrogen) atoms. The summed E-state index contributed by atoms with van der Waals surface area (Å²) in [6.07, 6.45) is 3.57. The van der Waals surface area contributed by atoms with Gasteiger partial charge >= 0.3 is 5.97 Å². The average molecular weight is 487 g/mol. The SMILES string of the molecule is CCC1CCc2c(sc(NC(=O)c3c(-c4ccccc4Cl)noc3C)c2C(=O)OC(C)C)C1. The third-order valence-corrected chi connectivity index (χ3v) is 7.44. The van der Waals surface area contributed by atoms with Crippen molar-refractivity contribution < 1.29 is 18.8 Å². The Morgan fingerprint density at radius 2 is 2.06 bits per heavy atom. The van der Waals surface area contributed by atoms with Crippen LogP contribution in [0.15, 0.2) is 28.8 Å². The van der Waals surface area contributed by atoms with Crippen molar-refractivity contribution in [3.8, 4) is 11.3 Å². The van der Waals surface area contributed by atoms with Crippen LogP contribution >= 0.6 is 22.9 Å². The van der Waals surface area contributed by atoms with E-state index in [4.69, 9.17) is 20.9 Å². The van der Waals surface area contributed by atoms with Crippen molar-refractivity contribution in [2.24, 2.45) is 5.92 Å². The second kappa shape index (κ2) is 9.69. The Morgan fingerprint density at radius 1 is 1.30 bits per heavy atom. The summed E-state index contributed by atoms with van der Waals surface area (Å²) in [6.45, 7) is 7.50. The first kappa shape index (κ1) is 23.5. The molecule has 0 spiro atoms. The molecule has 2 aromatic heterocycles. The molecule has 1 atom stereocenters. The van der Waals surface area contributed by atoms with E-state index in [0.717, 1.165) is 36.1 Å². The summed E-state index contributed by atoms with van der Waals surface area (Å²) in [5, 5.41) is 8.03. The van der Waals surface area contributed by atoms with Crippen LogP contribution < -0.4 is 5.32 Å². The Morgan fingerprint density at radius 3 is 2.76 bits per heavy atom. The lowest BCUT2D eigenvalue weighted by Crippen LogP contribution is -2.19. The highest BCUT2D eigenvalue weighted by Crippen LogP contribution is 2.41. The van der Waals surface area contributed by atoms with Gasteiger partial charge in [0, 0.05) is 10.4 Å². The predicted octanol–water partition coefficient (Wildman–Crippen LogP) is 6.70. The van der Waals surface area contributed by atoms with Crippen molar-refractivity contribution in [3.63, 3.8) is 0 Å². The number of ether oxygens (including phenoxy) is 1. The fourth-order valence-electron chi connectivity index (χ4n) is 4.22. The van der Waals surface area contributed by atoms with Crippen molar-refractivity contribution in [3.05, 3.63) is 56.6 Å². The van der Waals surface area contributed by atoms with E-state index in [9.17, 15) is 9.59 Å². The van der Waals surface area contributed by atoms with Crippen LogP contribution in [0.4, 0.5) is 5.00 Å². The van der Waals surface area contributed by atoms with Crippen LogP contribution in [-0.4, -0.2) is 23.1 Å². The van der Waals surface area contributed by atoms with Gasteiger partial charge in [0.1, 0.15) is 22.0 Å². The van der Waals surface area contributed by atoms with E-state index in [0.29, 0.717) is 44.1 Å². The van der Waals surface area contributed by atoms with Gasteiger partial charge in [-0.2, -0.15) is 0 Å². The summed E-state index contributed by atoms with van der Waals surface area (Å²) >= 11 is 7.81. The van der Waals surface area contributed by atoms with Crippen LogP contribution in [0.1, 0.15) is 70.5 Å². The minimum Gasteiger partial charge on any atom is -0.459 e. The van der Waals surface area contributed by atoms with Gasteiger partial charge in [-0.3, -0.25) is 4.79 Å². The lowest BCUT2D eigenvalue weighted by Gasteiger charge is -2.21. The van der Waals surface area contributed by atoms with E-state index in [2.05, 4.69) is 17.4 Å². The van der Waals surface area contributed by atoms with Crippen molar-refractivity contribution in [2.45, 2.75) is 59.5 Å². The van der Waals surface area contributed by atoms with Crippen LogP contribution in [0.2, 0.25) is 5.02 Å². The number of thiophene rings is 1. The lowest BCUT2D eigenvalue weighted by atomic mass is 9.85. The van der Waals surface area contributed by atoms with Gasteiger partial charge in [0.05, 0.1) is 16.7 Å². The molecule has 1 N–H and O–H groups in total. The van der Waals surface area contributed by atoms with Crippen LogP contribution in [0.3, 0.4) is 0 Å². The largest absolute Gasteiger partial charge is 0.459 e. The van der Waals surface area contributed by atoms with Gasteiger partial charge in [-0.1, -0.05) is 48.3 Å². The Kier molecular flexibility index (Phi) is 6.91. The smallest absolute Gasteiger partial charge is 0.341 e. The summed E-state index contributed by atoms with van der Waals surface area (Å²) in [4.78, 5) is 27.6. The van der Waals surface area contributed by atoms with Gasteiger partial charge in [0.15, 0.2) is 0 Å². The van der Waals surface area contributed by atoms with E-state index in [1.807, 2.05) is 26.0 Å². The molecule has 174 valence electrons. The van der Waals surface area contributed by atoms with Crippen LogP contribution in [0.5, 0.6) is 0 Å². The van der Waals surface area contributed by atoms with E-state index < -0.39 is 11.9 Å². The van der Waals surface area contributed by atoms with Gasteiger partial charge < -0.3 is 14.6 Å². The molecule has 3 aromatic rings. The molecule has 0 saturated carbocycles. The van der Waals surface area contributed by atoms with Crippen molar-refractivity contribution in [2.75, 3.05) is 5.32 Å². The summed E-state index contributed by atoms with van der Waals surface area (Å²) in [5.74, 6) is 0.163. The van der Waals surface area contributed by atoms with E-state index in [1.54, 1.807) is 19.1 Å². The number of hydrogen-bond acceptors (Lipinski definition) is 6. The maximum Gasteiger partial charge on any atom is 0.341 e. The molecule has 1 aliphatic carbocycles. The molecule has 0 fully saturated rings. The second-order valence-electron chi connectivity index (χ2n) is 8.58. The molecule has 1 unspecified atom stereocenters. The number of benzene rings is 1. The van der Waals surface area contributed by atoms with Crippen LogP contribution in [0, 0.1) is 12.8 Å². The first-order valence-electron chi connectivity index (χ1n) is 11.2. The van der Waals surface area contributed by atoms with Gasteiger partial charge in [0.25, 0.3) is 5.91 Å². The molecule has 0 bridgehead atoms. The van der Waals surface area contributed by atoms with Gasteiger partial charge in [-0.15, -0.1) is 11.3 Å². The number of rotatable bonds is 6. The number of amides is 1. The minimum absolute atomic E-state index is 0.254. The maximum atomic E-state index is 13.4. The zero-order chi connectivity index (χ0) is 23.7. The van der Waals surface area contributed by atoms with Gasteiger partial charge in [0.2, 0.25) is 0 Å². The molecule has 6 nitrogen and oxygen atoms in total. The highest BCUT2D eigenvalue weighted by atomic mass is 35.5. The zero-order valence-electron chi connectivity index (χ0n) is 19.2. The topological polar surface area (TPSA) is 81.4 Å². The van der Waals surface area contributed by atoms with E-state index in [1.165, 1.54) is 11.3 Å². The molecule has 1 aromatic carbocycles. The zero-order valence-corrected chi connectivity index (χ0v) is 20.7. The Hall–Kier alpha value is -2.64. The predicted molar refractivity (Wildman–Crippen MR) is 130 cm³/mol. The van der Waals surface area contributed by atoms with Crippen molar-refractivity contribution in [1.29, 1.82) is 0 Å². The highest BCUT2D eigenvalue weighted by Gasteiger charge is 2.32. The Balaban J connectivity index is 1.72. The molecule has 1 amide bonds. The first-order chi connectivity index (χ1) is 15.8. The lowest BCUT2D eigenvalue weighted by molar-refractivity contribution is 0.0378. The number of halogens is 1. The number of nitrogens with one attached hydrogen (secondary N) is 1. The molecule has 2 heterocycles. The molecule has 4 rings (SSSR count). The van der Waals surface area contributed by atoms with E-state index >= 15 is 0 Å². The number of esters is 1. The summed E-state index contributed by atoms with van der Waals surface area (Å²) < 4.78 is 10.9. The molecular formula is C25H27ClN2O4S. The fraction of sp³-hybridized carbons (Fsp3) is 0.400. The summed E-state index contributed by atoms with van der Waals surface area (Å²) in [5.41, 5.74) is 2.74. The maximum absolute atomic E-state index is 13.4. The Labute approximate surface area is 202 Å². The number of anilines is 1. The third-order valence-electron chi connectivity index (χ3n) is 5.94.